The number of unbranched alkanes of at least 4 members (excludes halogenated alkanes) is 2. The van der Waals surface area contributed by atoms with Crippen LogP contribution in [0.2, 0.25) is 0 Å². The van der Waals surface area contributed by atoms with Gasteiger partial charge in [0.25, 0.3) is 0 Å². The molecule has 0 amide bonds. The van der Waals surface area contributed by atoms with Crippen LogP contribution in [0.1, 0.15) is 52.9 Å². The third kappa shape index (κ3) is 6.71. The Morgan fingerprint density at radius 2 is 1.83 bits per heavy atom. The van der Waals surface area contributed by atoms with Gasteiger partial charge in [0.15, 0.2) is 0 Å². The molecular formula is C13H30N2O2S. The Morgan fingerprint density at radius 3 is 2.33 bits per heavy atom. The second kappa shape index (κ2) is 9.75. The Morgan fingerprint density at radius 1 is 1.17 bits per heavy atom. The number of sulfonamides is 1. The highest BCUT2D eigenvalue weighted by Crippen LogP contribution is 2.13. The van der Waals surface area contributed by atoms with Crippen LogP contribution in [-0.2, 0) is 10.0 Å². The Kier molecular flexibility index (Phi) is 9.68. The molecule has 1 unspecified atom stereocenters. The van der Waals surface area contributed by atoms with Crippen molar-refractivity contribution < 1.29 is 8.42 Å². The van der Waals surface area contributed by atoms with E-state index >= 15 is 0 Å². The molecule has 1 N–H and O–H groups in total. The van der Waals surface area contributed by atoms with Crippen molar-refractivity contribution in [1.29, 1.82) is 0 Å². The number of nitrogens with one attached hydrogen (secondary N) is 1. The first-order valence-electron chi connectivity index (χ1n) is 7.13. The number of rotatable bonds is 11. The Bertz CT molecular complexity index is 291. The molecule has 4 nitrogen and oxygen atoms in total. The average Bonchev–Trinajstić information content (AvgIpc) is 2.34. The summed E-state index contributed by atoms with van der Waals surface area (Å²) in [4.78, 5) is 0. The van der Waals surface area contributed by atoms with E-state index in [1.807, 2.05) is 20.9 Å². The summed E-state index contributed by atoms with van der Waals surface area (Å²) in [6.07, 6.45) is 4.50. The summed E-state index contributed by atoms with van der Waals surface area (Å²) in [6, 6.07) is 0.117. The van der Waals surface area contributed by atoms with Crippen molar-refractivity contribution in [3.05, 3.63) is 0 Å². The van der Waals surface area contributed by atoms with Crippen LogP contribution in [0.3, 0.4) is 0 Å². The monoisotopic (exact) mass is 278 g/mol. The average molecular weight is 278 g/mol. The van der Waals surface area contributed by atoms with Crippen molar-refractivity contribution >= 4 is 10.0 Å². The van der Waals surface area contributed by atoms with E-state index in [0.29, 0.717) is 6.54 Å². The molecule has 0 aliphatic heterocycles. The van der Waals surface area contributed by atoms with Crippen LogP contribution in [0.5, 0.6) is 0 Å². The number of nitrogens with zero attached hydrogens (tertiary/aromatic N) is 1. The molecule has 0 aromatic carbocycles. The normalized spacial score (nSPS) is 14.1. The maximum absolute atomic E-state index is 12.3. The highest BCUT2D eigenvalue weighted by atomic mass is 32.2. The second-order valence-corrected chi connectivity index (χ2v) is 6.89. The van der Waals surface area contributed by atoms with Gasteiger partial charge < -0.3 is 5.32 Å². The van der Waals surface area contributed by atoms with Gasteiger partial charge in [-0.25, -0.2) is 8.42 Å². The molecule has 0 aromatic heterocycles. The number of hydrogen-bond donors (Lipinski definition) is 1. The van der Waals surface area contributed by atoms with Crippen molar-refractivity contribution in [3.8, 4) is 0 Å². The quantitative estimate of drug-likeness (QED) is 0.590. The predicted octanol–water partition coefficient (Wildman–Crippen LogP) is 2.22. The Hall–Kier alpha value is -0.130. The van der Waals surface area contributed by atoms with Crippen molar-refractivity contribution in [1.82, 2.24) is 9.62 Å². The molecule has 5 heteroatoms. The maximum atomic E-state index is 12.3. The number of hydrogen-bond acceptors (Lipinski definition) is 3. The molecule has 0 aliphatic carbocycles. The summed E-state index contributed by atoms with van der Waals surface area (Å²) in [6.45, 7) is 7.68. The van der Waals surface area contributed by atoms with Crippen molar-refractivity contribution in [3.63, 3.8) is 0 Å². The summed E-state index contributed by atoms with van der Waals surface area (Å²) >= 11 is 0. The Balaban J connectivity index is 4.44. The summed E-state index contributed by atoms with van der Waals surface area (Å²) in [5, 5.41) is 3.04. The lowest BCUT2D eigenvalue weighted by atomic mass is 10.2. The van der Waals surface area contributed by atoms with E-state index in [4.69, 9.17) is 0 Å². The molecular weight excluding hydrogens is 248 g/mol. The molecule has 0 heterocycles. The summed E-state index contributed by atoms with van der Waals surface area (Å²) in [7, 11) is -1.19. The van der Waals surface area contributed by atoms with E-state index in [1.165, 1.54) is 0 Å². The lowest BCUT2D eigenvalue weighted by Crippen LogP contribution is -2.40. The van der Waals surface area contributed by atoms with Gasteiger partial charge in [0.05, 0.1) is 5.75 Å². The van der Waals surface area contributed by atoms with Crippen molar-refractivity contribution in [2.75, 3.05) is 25.9 Å². The SMILES string of the molecule is CCCCN(C(C)CC)S(=O)(=O)CCCCNC. The standard InChI is InChI=1S/C13H30N2O2S/c1-5-7-11-15(13(3)6-2)18(16,17)12-9-8-10-14-4/h13-14H,5-12H2,1-4H3. The van der Waals surface area contributed by atoms with Crippen molar-refractivity contribution in [2.24, 2.45) is 0 Å². The Labute approximate surface area is 113 Å². The van der Waals surface area contributed by atoms with Crippen LogP contribution in [0.4, 0.5) is 0 Å². The second-order valence-electron chi connectivity index (χ2n) is 4.85. The molecule has 0 spiro atoms. The first-order valence-corrected chi connectivity index (χ1v) is 8.74. The maximum Gasteiger partial charge on any atom is 0.214 e. The van der Waals surface area contributed by atoms with Crippen LogP contribution in [0.15, 0.2) is 0 Å². The fourth-order valence-electron chi connectivity index (χ4n) is 1.85. The molecule has 110 valence electrons. The molecule has 0 aromatic rings. The predicted molar refractivity (Wildman–Crippen MR) is 78.3 cm³/mol. The summed E-state index contributed by atoms with van der Waals surface area (Å²) < 4.78 is 26.3. The van der Waals surface area contributed by atoms with Gasteiger partial charge in [-0.2, -0.15) is 4.31 Å². The van der Waals surface area contributed by atoms with E-state index < -0.39 is 10.0 Å². The van der Waals surface area contributed by atoms with Crippen molar-refractivity contribution in [2.45, 2.75) is 58.9 Å². The topological polar surface area (TPSA) is 49.4 Å². The fourth-order valence-corrected chi connectivity index (χ4v) is 3.76. The van der Waals surface area contributed by atoms with E-state index in [1.54, 1.807) is 4.31 Å². The van der Waals surface area contributed by atoms with Gasteiger partial charge in [0.1, 0.15) is 0 Å². The van der Waals surface area contributed by atoms with E-state index in [2.05, 4.69) is 12.2 Å². The zero-order valence-corrected chi connectivity index (χ0v) is 13.2. The van der Waals surface area contributed by atoms with Gasteiger partial charge in [-0.3, -0.25) is 0 Å². The molecule has 0 saturated heterocycles. The van der Waals surface area contributed by atoms with Crippen LogP contribution >= 0.6 is 0 Å². The van der Waals surface area contributed by atoms with Crippen LogP contribution in [0.25, 0.3) is 0 Å². The van der Waals surface area contributed by atoms with Gasteiger partial charge in [-0.05, 0) is 46.2 Å². The third-order valence-corrected chi connectivity index (χ3v) is 5.31. The minimum Gasteiger partial charge on any atom is -0.320 e. The lowest BCUT2D eigenvalue weighted by molar-refractivity contribution is 0.323. The molecule has 0 fully saturated rings. The van der Waals surface area contributed by atoms with Gasteiger partial charge in [0, 0.05) is 12.6 Å². The third-order valence-electron chi connectivity index (χ3n) is 3.25. The molecule has 0 saturated carbocycles. The summed E-state index contributed by atoms with van der Waals surface area (Å²) in [5.74, 6) is 0.280. The molecule has 0 aliphatic rings. The summed E-state index contributed by atoms with van der Waals surface area (Å²) in [5.41, 5.74) is 0. The molecule has 0 rings (SSSR count). The van der Waals surface area contributed by atoms with Crippen LogP contribution in [-0.4, -0.2) is 44.7 Å². The molecule has 0 radical (unpaired) electrons. The van der Waals surface area contributed by atoms with E-state index in [9.17, 15) is 8.42 Å². The first kappa shape index (κ1) is 17.9. The van der Waals surface area contributed by atoms with Crippen LogP contribution < -0.4 is 5.32 Å². The van der Waals surface area contributed by atoms with Gasteiger partial charge in [0.2, 0.25) is 10.0 Å². The van der Waals surface area contributed by atoms with Crippen LogP contribution in [0, 0.1) is 0 Å². The zero-order chi connectivity index (χ0) is 14.0. The van der Waals surface area contributed by atoms with Gasteiger partial charge in [-0.1, -0.05) is 20.3 Å². The first-order chi connectivity index (χ1) is 8.49. The smallest absolute Gasteiger partial charge is 0.214 e. The minimum absolute atomic E-state index is 0.117. The van der Waals surface area contributed by atoms with E-state index in [-0.39, 0.29) is 11.8 Å². The molecule has 18 heavy (non-hydrogen) atoms. The molecule has 1 atom stereocenters. The highest BCUT2D eigenvalue weighted by Gasteiger charge is 2.24. The minimum atomic E-state index is -3.08. The molecule has 0 bridgehead atoms. The van der Waals surface area contributed by atoms with E-state index in [0.717, 1.165) is 38.6 Å². The lowest BCUT2D eigenvalue weighted by Gasteiger charge is -2.27. The van der Waals surface area contributed by atoms with Gasteiger partial charge >= 0.3 is 0 Å². The largest absolute Gasteiger partial charge is 0.320 e. The fraction of sp³-hybridized carbons (Fsp3) is 1.00. The highest BCUT2D eigenvalue weighted by molar-refractivity contribution is 7.89. The van der Waals surface area contributed by atoms with Gasteiger partial charge in [-0.15, -0.1) is 0 Å². The zero-order valence-electron chi connectivity index (χ0n) is 12.4.